The lowest BCUT2D eigenvalue weighted by atomic mass is 10.1. The molecule has 0 heterocycles. The Morgan fingerprint density at radius 3 is 2.74 bits per heavy atom. The summed E-state index contributed by atoms with van der Waals surface area (Å²) in [6, 6.07) is 9.93. The van der Waals surface area contributed by atoms with E-state index in [1.165, 1.54) is 7.11 Å². The fourth-order valence-corrected chi connectivity index (χ4v) is 1.58. The van der Waals surface area contributed by atoms with Crippen LogP contribution in [0.5, 0.6) is 0 Å². The van der Waals surface area contributed by atoms with Crippen molar-refractivity contribution < 1.29 is 14.3 Å². The molecule has 0 aliphatic rings. The number of benzene rings is 1. The minimum absolute atomic E-state index is 0.114. The molecule has 0 saturated heterocycles. The van der Waals surface area contributed by atoms with E-state index in [-0.39, 0.29) is 12.1 Å². The van der Waals surface area contributed by atoms with Gasteiger partial charge in [-0.3, -0.25) is 4.79 Å². The van der Waals surface area contributed by atoms with Crippen molar-refractivity contribution in [1.29, 1.82) is 0 Å². The van der Waals surface area contributed by atoms with Crippen molar-refractivity contribution in [2.45, 2.75) is 25.6 Å². The Morgan fingerprint density at radius 1 is 1.37 bits per heavy atom. The van der Waals surface area contributed by atoms with Crippen LogP contribution in [-0.4, -0.2) is 19.2 Å². The Kier molecular flexibility index (Phi) is 7.28. The van der Waals surface area contributed by atoms with Crippen molar-refractivity contribution in [3.63, 3.8) is 0 Å². The number of hydrogen-bond donors (Lipinski definition) is 0. The Bertz CT molecular complexity index is 409. The van der Waals surface area contributed by atoms with Gasteiger partial charge in [0.1, 0.15) is 0 Å². The predicted octanol–water partition coefficient (Wildman–Crippen LogP) is 3.27. The maximum absolute atomic E-state index is 11.1. The third-order valence-corrected chi connectivity index (χ3v) is 2.63. The van der Waals surface area contributed by atoms with Gasteiger partial charge < -0.3 is 9.47 Å². The highest BCUT2D eigenvalue weighted by Gasteiger charge is 2.09. The van der Waals surface area contributed by atoms with Crippen LogP contribution in [0.25, 0.3) is 0 Å². The molecule has 0 aliphatic heterocycles. The quantitative estimate of drug-likeness (QED) is 0.531. The fourth-order valence-electron chi connectivity index (χ4n) is 1.58. The van der Waals surface area contributed by atoms with Crippen LogP contribution in [0.4, 0.5) is 0 Å². The smallest absolute Gasteiger partial charge is 0.305 e. The molecule has 1 aromatic rings. The van der Waals surface area contributed by atoms with Gasteiger partial charge in [-0.25, -0.2) is 0 Å². The Hall–Kier alpha value is -1.87. The van der Waals surface area contributed by atoms with Gasteiger partial charge in [0.25, 0.3) is 0 Å². The molecular weight excluding hydrogens is 240 g/mol. The van der Waals surface area contributed by atoms with Gasteiger partial charge in [0.05, 0.1) is 19.8 Å². The van der Waals surface area contributed by atoms with Crippen LogP contribution in [0.15, 0.2) is 55.1 Å². The highest BCUT2D eigenvalue weighted by Crippen LogP contribution is 2.10. The molecule has 0 radical (unpaired) electrons. The Balaban J connectivity index is 2.47. The number of carbonyl (C=O) groups is 1. The molecule has 1 aromatic carbocycles. The van der Waals surface area contributed by atoms with Crippen molar-refractivity contribution in [1.82, 2.24) is 0 Å². The highest BCUT2D eigenvalue weighted by atomic mass is 16.5. The zero-order valence-corrected chi connectivity index (χ0v) is 11.2. The van der Waals surface area contributed by atoms with Crippen molar-refractivity contribution in [2.75, 3.05) is 7.11 Å². The van der Waals surface area contributed by atoms with Gasteiger partial charge >= 0.3 is 5.97 Å². The average Bonchev–Trinajstić information content (AvgIpc) is 2.47. The van der Waals surface area contributed by atoms with E-state index >= 15 is 0 Å². The standard InChI is InChI=1S/C16H20O3/c1-3-4-10-15(11-12-16(17)18-2)19-13-14-8-6-5-7-9-14/h3-10,15H,1,11-13H2,2H3/b10-4+/t15-/m0/s1. The van der Waals surface area contributed by atoms with Gasteiger partial charge in [-0.05, 0) is 12.0 Å². The van der Waals surface area contributed by atoms with Crippen molar-refractivity contribution in [2.24, 2.45) is 0 Å². The first-order valence-electron chi connectivity index (χ1n) is 6.28. The minimum Gasteiger partial charge on any atom is -0.469 e. The second kappa shape index (κ2) is 9.11. The molecule has 0 spiro atoms. The van der Waals surface area contributed by atoms with Crippen LogP contribution in [0, 0.1) is 0 Å². The first-order valence-corrected chi connectivity index (χ1v) is 6.28. The molecule has 1 atom stereocenters. The summed E-state index contributed by atoms with van der Waals surface area (Å²) in [5, 5.41) is 0. The summed E-state index contributed by atoms with van der Waals surface area (Å²) < 4.78 is 10.4. The summed E-state index contributed by atoms with van der Waals surface area (Å²) >= 11 is 0. The minimum atomic E-state index is -0.222. The van der Waals surface area contributed by atoms with Gasteiger partial charge in [-0.1, -0.05) is 55.1 Å². The van der Waals surface area contributed by atoms with Gasteiger partial charge in [0.2, 0.25) is 0 Å². The zero-order chi connectivity index (χ0) is 13.9. The number of rotatable bonds is 8. The predicted molar refractivity (Wildman–Crippen MR) is 75.6 cm³/mol. The van der Waals surface area contributed by atoms with Crippen molar-refractivity contribution >= 4 is 5.97 Å². The third kappa shape index (κ3) is 6.58. The van der Waals surface area contributed by atoms with Crippen LogP contribution >= 0.6 is 0 Å². The lowest BCUT2D eigenvalue weighted by molar-refractivity contribution is -0.141. The van der Waals surface area contributed by atoms with Crippen molar-refractivity contribution in [3.05, 3.63) is 60.7 Å². The SMILES string of the molecule is C=C/C=C/[C@@H](CCC(=O)OC)OCc1ccccc1. The van der Waals surface area contributed by atoms with E-state index in [1.54, 1.807) is 6.08 Å². The molecule has 3 heteroatoms. The second-order valence-corrected chi connectivity index (χ2v) is 4.07. The molecular formula is C16H20O3. The van der Waals surface area contributed by atoms with Crippen LogP contribution in [0.3, 0.4) is 0 Å². The summed E-state index contributed by atoms with van der Waals surface area (Å²) in [6.45, 7) is 4.15. The molecule has 0 aliphatic carbocycles. The molecule has 0 N–H and O–H groups in total. The number of esters is 1. The zero-order valence-electron chi connectivity index (χ0n) is 11.2. The summed E-state index contributed by atoms with van der Waals surface area (Å²) in [4.78, 5) is 11.1. The number of ether oxygens (including phenoxy) is 2. The van der Waals surface area contributed by atoms with E-state index in [9.17, 15) is 4.79 Å². The van der Waals surface area contributed by atoms with E-state index in [0.29, 0.717) is 19.4 Å². The van der Waals surface area contributed by atoms with Gasteiger partial charge in [0.15, 0.2) is 0 Å². The van der Waals surface area contributed by atoms with Crippen molar-refractivity contribution in [3.8, 4) is 0 Å². The van der Waals surface area contributed by atoms with Crippen LogP contribution in [0.1, 0.15) is 18.4 Å². The highest BCUT2D eigenvalue weighted by molar-refractivity contribution is 5.69. The maximum Gasteiger partial charge on any atom is 0.305 e. The third-order valence-electron chi connectivity index (χ3n) is 2.63. The maximum atomic E-state index is 11.1. The van der Waals surface area contributed by atoms with Gasteiger partial charge in [0, 0.05) is 6.42 Å². The summed E-state index contributed by atoms with van der Waals surface area (Å²) in [5.74, 6) is -0.222. The normalized spacial score (nSPS) is 12.3. The lowest BCUT2D eigenvalue weighted by Crippen LogP contribution is -2.13. The van der Waals surface area contributed by atoms with E-state index in [0.717, 1.165) is 5.56 Å². The molecule has 0 aromatic heterocycles. The lowest BCUT2D eigenvalue weighted by Gasteiger charge is -2.13. The van der Waals surface area contributed by atoms with Crippen LogP contribution < -0.4 is 0 Å². The van der Waals surface area contributed by atoms with Gasteiger partial charge in [-0.2, -0.15) is 0 Å². The molecule has 102 valence electrons. The van der Waals surface area contributed by atoms with E-state index in [1.807, 2.05) is 42.5 Å². The summed E-state index contributed by atoms with van der Waals surface area (Å²) in [6.07, 6.45) is 6.25. The van der Waals surface area contributed by atoms with Crippen LogP contribution in [-0.2, 0) is 20.9 Å². The van der Waals surface area contributed by atoms with Crippen LogP contribution in [0.2, 0.25) is 0 Å². The number of allylic oxidation sites excluding steroid dienone is 2. The number of carbonyl (C=O) groups excluding carboxylic acids is 1. The number of hydrogen-bond acceptors (Lipinski definition) is 3. The molecule has 0 amide bonds. The van der Waals surface area contributed by atoms with E-state index < -0.39 is 0 Å². The Morgan fingerprint density at radius 2 is 2.11 bits per heavy atom. The number of methoxy groups -OCH3 is 1. The molecule has 0 bridgehead atoms. The first kappa shape index (κ1) is 15.2. The Labute approximate surface area is 114 Å². The topological polar surface area (TPSA) is 35.5 Å². The van der Waals surface area contributed by atoms with Gasteiger partial charge in [-0.15, -0.1) is 0 Å². The first-order chi connectivity index (χ1) is 9.26. The fraction of sp³-hybridized carbons (Fsp3) is 0.312. The molecule has 1 rings (SSSR count). The van der Waals surface area contributed by atoms with E-state index in [2.05, 4.69) is 11.3 Å². The molecule has 3 nitrogen and oxygen atoms in total. The average molecular weight is 260 g/mol. The molecule has 0 saturated carbocycles. The van der Waals surface area contributed by atoms with E-state index in [4.69, 9.17) is 4.74 Å². The summed E-state index contributed by atoms with van der Waals surface area (Å²) in [5.41, 5.74) is 1.11. The summed E-state index contributed by atoms with van der Waals surface area (Å²) in [7, 11) is 1.39. The monoisotopic (exact) mass is 260 g/mol. The largest absolute Gasteiger partial charge is 0.469 e. The second-order valence-electron chi connectivity index (χ2n) is 4.07. The molecule has 0 unspecified atom stereocenters. The molecule has 0 fully saturated rings. The molecule has 19 heavy (non-hydrogen) atoms.